The molecule has 1 saturated heterocycles. The summed E-state index contributed by atoms with van der Waals surface area (Å²) in [6.07, 6.45) is 6.65. The van der Waals surface area contributed by atoms with Crippen molar-refractivity contribution in [3.8, 4) is 0 Å². The van der Waals surface area contributed by atoms with Crippen molar-refractivity contribution < 1.29 is 14.3 Å². The van der Waals surface area contributed by atoms with E-state index in [0.717, 1.165) is 57.4 Å². The van der Waals surface area contributed by atoms with Gasteiger partial charge < -0.3 is 15.0 Å². The highest BCUT2D eigenvalue weighted by molar-refractivity contribution is 5.80. The van der Waals surface area contributed by atoms with Gasteiger partial charge in [-0.05, 0) is 50.2 Å². The van der Waals surface area contributed by atoms with Crippen LogP contribution < -0.4 is 10.2 Å². The molecule has 1 N–H and O–H groups in total. The van der Waals surface area contributed by atoms with Gasteiger partial charge in [-0.3, -0.25) is 9.59 Å². The van der Waals surface area contributed by atoms with E-state index in [4.69, 9.17) is 9.72 Å². The first kappa shape index (κ1) is 20.2. The second-order valence-electron chi connectivity index (χ2n) is 6.89. The fraction of sp³-hybridized carbons (Fsp3) is 0.650. The largest absolute Gasteiger partial charge is 0.456 e. The molecule has 6 heteroatoms. The van der Waals surface area contributed by atoms with Gasteiger partial charge in [-0.15, -0.1) is 0 Å². The summed E-state index contributed by atoms with van der Waals surface area (Å²) >= 11 is 0. The van der Waals surface area contributed by atoms with Gasteiger partial charge in [-0.1, -0.05) is 19.4 Å². The van der Waals surface area contributed by atoms with Crippen LogP contribution in [0, 0.1) is 5.92 Å². The first-order valence-corrected chi connectivity index (χ1v) is 9.69. The van der Waals surface area contributed by atoms with Crippen molar-refractivity contribution in [3.05, 3.63) is 23.9 Å². The lowest BCUT2D eigenvalue weighted by atomic mass is 9.91. The van der Waals surface area contributed by atoms with E-state index in [-0.39, 0.29) is 18.5 Å². The Labute approximate surface area is 156 Å². The van der Waals surface area contributed by atoms with Crippen LogP contribution in [-0.2, 0) is 20.7 Å². The topological polar surface area (TPSA) is 71.5 Å². The number of nitrogens with one attached hydrogen (secondary N) is 1. The summed E-state index contributed by atoms with van der Waals surface area (Å²) in [4.78, 5) is 29.8. The summed E-state index contributed by atoms with van der Waals surface area (Å²) in [5.74, 6) is 1.18. The van der Waals surface area contributed by atoms with Gasteiger partial charge in [0, 0.05) is 32.3 Å². The van der Waals surface area contributed by atoms with Gasteiger partial charge >= 0.3 is 5.97 Å². The molecular formula is C20H31N3O3. The Morgan fingerprint density at radius 2 is 2.08 bits per heavy atom. The second kappa shape index (κ2) is 10.8. The smallest absolute Gasteiger partial charge is 0.306 e. The van der Waals surface area contributed by atoms with Crippen LogP contribution in [0.15, 0.2) is 18.2 Å². The van der Waals surface area contributed by atoms with Crippen molar-refractivity contribution in [2.75, 3.05) is 31.6 Å². The predicted molar refractivity (Wildman–Crippen MR) is 102 cm³/mol. The number of esters is 1. The number of amides is 1. The number of aryl methyl sites for hydroxylation is 1. The molecule has 1 fully saturated rings. The first-order chi connectivity index (χ1) is 12.6. The molecule has 1 amide bonds. The van der Waals surface area contributed by atoms with Crippen molar-refractivity contribution in [1.82, 2.24) is 10.3 Å². The lowest BCUT2D eigenvalue weighted by Gasteiger charge is -2.33. The number of ether oxygens (including phenoxy) is 1. The minimum absolute atomic E-state index is 0.183. The molecule has 144 valence electrons. The fourth-order valence-corrected chi connectivity index (χ4v) is 3.31. The minimum Gasteiger partial charge on any atom is -0.456 e. The number of hydrogen-bond acceptors (Lipinski definition) is 5. The average molecular weight is 361 g/mol. The highest BCUT2D eigenvalue weighted by Gasteiger charge is 2.20. The lowest BCUT2D eigenvalue weighted by molar-refractivity contribution is -0.148. The second-order valence-corrected chi connectivity index (χ2v) is 6.89. The first-order valence-electron chi connectivity index (χ1n) is 9.69. The molecule has 0 atom stereocenters. The number of anilines is 1. The molecule has 0 saturated carbocycles. The maximum Gasteiger partial charge on any atom is 0.306 e. The summed E-state index contributed by atoms with van der Waals surface area (Å²) < 4.78 is 4.92. The number of aromatic nitrogens is 1. The van der Waals surface area contributed by atoms with E-state index in [1.54, 1.807) is 0 Å². The predicted octanol–water partition coefficient (Wildman–Crippen LogP) is 2.71. The molecule has 1 aliphatic rings. The van der Waals surface area contributed by atoms with Crippen LogP contribution in [-0.4, -0.2) is 43.6 Å². The molecule has 2 rings (SSSR count). The van der Waals surface area contributed by atoms with E-state index in [1.165, 1.54) is 12.7 Å². The maximum absolute atomic E-state index is 11.6. The quantitative estimate of drug-likeness (QED) is 0.685. The fourth-order valence-electron chi connectivity index (χ4n) is 3.31. The third-order valence-corrected chi connectivity index (χ3v) is 4.87. The van der Waals surface area contributed by atoms with Crippen molar-refractivity contribution in [2.45, 2.75) is 51.9 Å². The van der Waals surface area contributed by atoms with Crippen LogP contribution in [0.4, 0.5) is 5.82 Å². The third-order valence-electron chi connectivity index (χ3n) is 4.87. The number of nitrogens with zero attached hydrogens (tertiary/aromatic N) is 2. The number of piperidine rings is 1. The van der Waals surface area contributed by atoms with E-state index >= 15 is 0 Å². The number of rotatable bonds is 9. The van der Waals surface area contributed by atoms with E-state index < -0.39 is 0 Å². The number of hydrogen-bond donors (Lipinski definition) is 1. The zero-order chi connectivity index (χ0) is 18.8. The highest BCUT2D eigenvalue weighted by Crippen LogP contribution is 2.25. The minimum atomic E-state index is -0.289. The van der Waals surface area contributed by atoms with Crippen molar-refractivity contribution in [1.29, 1.82) is 0 Å². The molecule has 1 aliphatic heterocycles. The normalized spacial score (nSPS) is 14.9. The number of likely N-dealkylation sites (N-methyl/N-ethyl adjacent to an activating group) is 1. The van der Waals surface area contributed by atoms with Gasteiger partial charge in [0.15, 0.2) is 6.61 Å². The Bertz CT molecular complexity index is 583. The molecule has 6 nitrogen and oxygen atoms in total. The van der Waals surface area contributed by atoms with Crippen molar-refractivity contribution >= 4 is 17.7 Å². The SMILES string of the molecule is CCCc1cccc(N2CCC(CCCC(=O)OCC(=O)NC)CC2)n1. The molecule has 0 aromatic carbocycles. The Hall–Kier alpha value is -2.11. The van der Waals surface area contributed by atoms with Gasteiger partial charge in [-0.2, -0.15) is 0 Å². The van der Waals surface area contributed by atoms with Gasteiger partial charge in [-0.25, -0.2) is 4.98 Å². The van der Waals surface area contributed by atoms with E-state index in [0.29, 0.717) is 12.3 Å². The highest BCUT2D eigenvalue weighted by atomic mass is 16.5. The van der Waals surface area contributed by atoms with Gasteiger partial charge in [0.1, 0.15) is 5.82 Å². The van der Waals surface area contributed by atoms with E-state index in [2.05, 4.69) is 35.3 Å². The zero-order valence-electron chi connectivity index (χ0n) is 16.0. The average Bonchev–Trinajstić information content (AvgIpc) is 2.67. The van der Waals surface area contributed by atoms with Gasteiger partial charge in [0.25, 0.3) is 5.91 Å². The molecular weight excluding hydrogens is 330 g/mol. The molecule has 26 heavy (non-hydrogen) atoms. The van der Waals surface area contributed by atoms with Crippen LogP contribution in [0.2, 0.25) is 0 Å². The van der Waals surface area contributed by atoms with Crippen LogP contribution in [0.5, 0.6) is 0 Å². The molecule has 0 unspecified atom stereocenters. The summed E-state index contributed by atoms with van der Waals surface area (Å²) in [5, 5.41) is 2.43. The van der Waals surface area contributed by atoms with Crippen LogP contribution in [0.3, 0.4) is 0 Å². The summed E-state index contributed by atoms with van der Waals surface area (Å²) in [6, 6.07) is 6.30. The summed E-state index contributed by atoms with van der Waals surface area (Å²) in [5.41, 5.74) is 1.17. The Morgan fingerprint density at radius 1 is 1.31 bits per heavy atom. The van der Waals surface area contributed by atoms with E-state index in [1.807, 2.05) is 0 Å². The lowest BCUT2D eigenvalue weighted by Crippen LogP contribution is -2.34. The molecule has 0 aliphatic carbocycles. The van der Waals surface area contributed by atoms with Crippen LogP contribution in [0.1, 0.15) is 51.1 Å². The molecule has 2 heterocycles. The van der Waals surface area contributed by atoms with Crippen molar-refractivity contribution in [3.63, 3.8) is 0 Å². The van der Waals surface area contributed by atoms with Crippen molar-refractivity contribution in [2.24, 2.45) is 5.92 Å². The van der Waals surface area contributed by atoms with Gasteiger partial charge in [0.2, 0.25) is 0 Å². The zero-order valence-corrected chi connectivity index (χ0v) is 16.0. The molecule has 1 aromatic rings. The molecule has 0 radical (unpaired) electrons. The number of carbonyl (C=O) groups is 2. The third kappa shape index (κ3) is 6.65. The standard InChI is InChI=1S/C20H31N3O3/c1-3-6-17-8-5-9-18(22-17)23-13-11-16(12-14-23)7-4-10-20(25)26-15-19(24)21-2/h5,8-9,16H,3-4,6-7,10-15H2,1-2H3,(H,21,24). The Balaban J connectivity index is 1.66. The Morgan fingerprint density at radius 3 is 2.77 bits per heavy atom. The van der Waals surface area contributed by atoms with Gasteiger partial charge in [0.05, 0.1) is 0 Å². The summed E-state index contributed by atoms with van der Waals surface area (Å²) in [6.45, 7) is 4.04. The number of pyridine rings is 1. The van der Waals surface area contributed by atoms with E-state index in [9.17, 15) is 9.59 Å². The summed E-state index contributed by atoms with van der Waals surface area (Å²) in [7, 11) is 1.53. The maximum atomic E-state index is 11.6. The monoisotopic (exact) mass is 361 g/mol. The molecule has 1 aromatic heterocycles. The van der Waals surface area contributed by atoms with Crippen LogP contribution in [0.25, 0.3) is 0 Å². The number of carbonyl (C=O) groups excluding carboxylic acids is 2. The Kier molecular flexibility index (Phi) is 8.38. The molecule has 0 spiro atoms. The van der Waals surface area contributed by atoms with Crippen LogP contribution >= 0.6 is 0 Å². The molecule has 0 bridgehead atoms.